The molecule has 68 valence electrons. The van der Waals surface area contributed by atoms with Crippen LogP contribution in [0.4, 0.5) is 0 Å². The maximum atomic E-state index is 11.7. The highest BCUT2D eigenvalue weighted by molar-refractivity contribution is 6.25. The largest absolute Gasteiger partial charge is 0.293 e. The molecule has 1 saturated carbocycles. The predicted molar refractivity (Wildman–Crippen MR) is 49.1 cm³/mol. The van der Waals surface area contributed by atoms with Gasteiger partial charge in [0.1, 0.15) is 0 Å². The average Bonchev–Trinajstić information content (AvgIpc) is 2.46. The van der Waals surface area contributed by atoms with E-state index in [0.29, 0.717) is 12.0 Å². The van der Waals surface area contributed by atoms with E-state index in [1.54, 1.807) is 0 Å². The van der Waals surface area contributed by atoms with E-state index in [2.05, 4.69) is 0 Å². The summed E-state index contributed by atoms with van der Waals surface area (Å²) in [5.41, 5.74) is 1.31. The molecule has 0 spiro atoms. The summed E-state index contributed by atoms with van der Waals surface area (Å²) in [7, 11) is 0. The third-order valence-electron chi connectivity index (χ3n) is 2.75. The van der Waals surface area contributed by atoms with Gasteiger partial charge < -0.3 is 0 Å². The number of carbonyl (C=O) groups is 2. The second-order valence-corrected chi connectivity index (χ2v) is 3.94. The van der Waals surface area contributed by atoms with Crippen LogP contribution in [0.1, 0.15) is 20.3 Å². The molecular weight excluding hydrogens is 164 g/mol. The molecule has 0 heterocycles. The highest BCUT2D eigenvalue weighted by Gasteiger charge is 2.40. The number of allylic oxidation sites excluding steroid dienone is 4. The molecule has 0 radical (unpaired) electrons. The van der Waals surface area contributed by atoms with Crippen LogP contribution in [-0.4, -0.2) is 11.6 Å². The number of fused-ring (bicyclic) bond motifs is 2. The minimum atomic E-state index is -0.0207. The van der Waals surface area contributed by atoms with E-state index in [1.165, 1.54) is 0 Å². The zero-order valence-corrected chi connectivity index (χ0v) is 7.83. The Bertz CT molecular complexity index is 317. The number of carbonyl (C=O) groups excluding carboxylic acids is 2. The van der Waals surface area contributed by atoms with Gasteiger partial charge in [0, 0.05) is 11.8 Å². The summed E-state index contributed by atoms with van der Waals surface area (Å²) >= 11 is 0. The monoisotopic (exact) mass is 176 g/mol. The van der Waals surface area contributed by atoms with Crippen LogP contribution in [0, 0.1) is 11.8 Å². The number of hydrogen-bond donors (Lipinski definition) is 0. The lowest BCUT2D eigenvalue weighted by molar-refractivity contribution is -0.127. The van der Waals surface area contributed by atoms with Crippen LogP contribution in [0.15, 0.2) is 23.3 Å². The molecule has 2 heteroatoms. The summed E-state index contributed by atoms with van der Waals surface area (Å²) in [5.74, 6) is 0.00481. The summed E-state index contributed by atoms with van der Waals surface area (Å²) in [6.07, 6.45) is 4.45. The van der Waals surface area contributed by atoms with Gasteiger partial charge in [0.25, 0.3) is 0 Å². The Morgan fingerprint density at radius 2 is 1.62 bits per heavy atom. The molecular formula is C11H12O2. The molecule has 2 aliphatic carbocycles. The third-order valence-corrected chi connectivity index (χ3v) is 2.75. The lowest BCUT2D eigenvalue weighted by Gasteiger charge is -2.20. The van der Waals surface area contributed by atoms with Crippen molar-refractivity contribution in [1.82, 2.24) is 0 Å². The first kappa shape index (κ1) is 8.42. The van der Waals surface area contributed by atoms with Gasteiger partial charge in [-0.25, -0.2) is 0 Å². The van der Waals surface area contributed by atoms with Crippen molar-refractivity contribution in [1.29, 1.82) is 0 Å². The molecule has 1 fully saturated rings. The van der Waals surface area contributed by atoms with E-state index in [-0.39, 0.29) is 23.4 Å². The van der Waals surface area contributed by atoms with Crippen molar-refractivity contribution >= 4 is 11.6 Å². The summed E-state index contributed by atoms with van der Waals surface area (Å²) in [4.78, 5) is 23.4. The fourth-order valence-electron chi connectivity index (χ4n) is 2.07. The first-order chi connectivity index (χ1) is 6.11. The molecule has 0 saturated heterocycles. The SMILES string of the molecule is CC(C)=C1C(=O)C2C=CC(C2)C1=O. The van der Waals surface area contributed by atoms with Gasteiger partial charge in [0.15, 0.2) is 11.6 Å². The first-order valence-electron chi connectivity index (χ1n) is 4.55. The molecule has 13 heavy (non-hydrogen) atoms. The van der Waals surface area contributed by atoms with Crippen LogP contribution < -0.4 is 0 Å². The average molecular weight is 176 g/mol. The molecule has 2 aliphatic rings. The van der Waals surface area contributed by atoms with Crippen molar-refractivity contribution in [2.24, 2.45) is 11.8 Å². The number of Topliss-reactive ketones (excluding diaryl/α,β-unsaturated/α-hetero) is 2. The van der Waals surface area contributed by atoms with E-state index in [9.17, 15) is 9.59 Å². The van der Waals surface area contributed by atoms with Crippen molar-refractivity contribution in [3.8, 4) is 0 Å². The van der Waals surface area contributed by atoms with E-state index in [1.807, 2.05) is 26.0 Å². The topological polar surface area (TPSA) is 34.1 Å². The summed E-state index contributed by atoms with van der Waals surface area (Å²) in [6, 6.07) is 0. The minimum Gasteiger partial charge on any atom is -0.293 e. The maximum absolute atomic E-state index is 11.7. The van der Waals surface area contributed by atoms with E-state index < -0.39 is 0 Å². The van der Waals surface area contributed by atoms with Gasteiger partial charge in [0.05, 0.1) is 5.57 Å². The Balaban J connectivity index is 2.49. The maximum Gasteiger partial charge on any atom is 0.173 e. The molecule has 0 N–H and O–H groups in total. The van der Waals surface area contributed by atoms with Gasteiger partial charge in [0.2, 0.25) is 0 Å². The summed E-state index contributed by atoms with van der Waals surface area (Å²) in [6.45, 7) is 3.66. The quantitative estimate of drug-likeness (QED) is 0.319. The van der Waals surface area contributed by atoms with Crippen LogP contribution in [-0.2, 0) is 9.59 Å². The number of rotatable bonds is 0. The molecule has 0 aliphatic heterocycles. The fraction of sp³-hybridized carbons (Fsp3) is 0.455. The van der Waals surface area contributed by atoms with Crippen molar-refractivity contribution in [3.05, 3.63) is 23.3 Å². The van der Waals surface area contributed by atoms with Crippen LogP contribution in [0.25, 0.3) is 0 Å². The Morgan fingerprint density at radius 3 is 2.00 bits per heavy atom. The van der Waals surface area contributed by atoms with E-state index in [0.717, 1.165) is 5.57 Å². The highest BCUT2D eigenvalue weighted by atomic mass is 16.2. The zero-order valence-electron chi connectivity index (χ0n) is 7.83. The predicted octanol–water partition coefficient (Wildman–Crippen LogP) is 1.67. The van der Waals surface area contributed by atoms with Crippen molar-refractivity contribution in [2.75, 3.05) is 0 Å². The van der Waals surface area contributed by atoms with Gasteiger partial charge in [-0.3, -0.25) is 9.59 Å². The smallest absolute Gasteiger partial charge is 0.173 e. The normalized spacial score (nSPS) is 31.4. The Hall–Kier alpha value is -1.18. The second-order valence-electron chi connectivity index (χ2n) is 3.94. The van der Waals surface area contributed by atoms with Crippen LogP contribution in [0.3, 0.4) is 0 Å². The lowest BCUT2D eigenvalue weighted by Crippen LogP contribution is -2.30. The molecule has 2 rings (SSSR count). The Morgan fingerprint density at radius 1 is 1.15 bits per heavy atom. The summed E-state index contributed by atoms with van der Waals surface area (Å²) in [5, 5.41) is 0. The first-order valence-corrected chi connectivity index (χ1v) is 4.55. The molecule has 2 atom stereocenters. The molecule has 0 aromatic carbocycles. The van der Waals surface area contributed by atoms with Gasteiger partial charge in [-0.2, -0.15) is 0 Å². The van der Waals surface area contributed by atoms with E-state index >= 15 is 0 Å². The number of ketones is 2. The highest BCUT2D eigenvalue weighted by Crippen LogP contribution is 2.35. The zero-order chi connectivity index (χ0) is 9.59. The van der Waals surface area contributed by atoms with Gasteiger partial charge >= 0.3 is 0 Å². The van der Waals surface area contributed by atoms with Crippen molar-refractivity contribution in [3.63, 3.8) is 0 Å². The van der Waals surface area contributed by atoms with Crippen LogP contribution >= 0.6 is 0 Å². The van der Waals surface area contributed by atoms with Crippen molar-refractivity contribution < 1.29 is 9.59 Å². The molecule has 0 aromatic rings. The van der Waals surface area contributed by atoms with Crippen molar-refractivity contribution in [2.45, 2.75) is 20.3 Å². The standard InChI is InChI=1S/C11H12O2/c1-6(2)9-10(12)7-3-4-8(5-7)11(9)13/h3-4,7-8H,5H2,1-2H3. The number of hydrogen-bond acceptors (Lipinski definition) is 2. The van der Waals surface area contributed by atoms with Crippen LogP contribution in [0.2, 0.25) is 0 Å². The van der Waals surface area contributed by atoms with Gasteiger partial charge in [-0.05, 0) is 20.3 Å². The van der Waals surface area contributed by atoms with E-state index in [4.69, 9.17) is 0 Å². The summed E-state index contributed by atoms with van der Waals surface area (Å²) < 4.78 is 0. The third kappa shape index (κ3) is 1.09. The second kappa shape index (κ2) is 2.66. The Kier molecular flexibility index (Phi) is 1.72. The molecule has 2 unspecified atom stereocenters. The minimum absolute atomic E-state index is 0.0207. The van der Waals surface area contributed by atoms with Gasteiger partial charge in [-0.15, -0.1) is 0 Å². The molecule has 0 aromatic heterocycles. The fourth-order valence-corrected chi connectivity index (χ4v) is 2.07. The molecule has 2 nitrogen and oxygen atoms in total. The van der Waals surface area contributed by atoms with Crippen LogP contribution in [0.5, 0.6) is 0 Å². The lowest BCUT2D eigenvalue weighted by atomic mass is 9.80. The molecule has 0 amide bonds. The molecule has 2 bridgehead atoms. The Labute approximate surface area is 77.3 Å². The van der Waals surface area contributed by atoms with Gasteiger partial charge in [-0.1, -0.05) is 17.7 Å².